The van der Waals surface area contributed by atoms with Gasteiger partial charge in [0.2, 0.25) is 0 Å². The number of pyridine rings is 1. The first-order valence-corrected chi connectivity index (χ1v) is 13.3. The van der Waals surface area contributed by atoms with Crippen molar-refractivity contribution in [2.75, 3.05) is 6.54 Å². The number of benzene rings is 4. The second-order valence-electron chi connectivity index (χ2n) is 10.0. The summed E-state index contributed by atoms with van der Waals surface area (Å²) in [5, 5.41) is 23.7. The Morgan fingerprint density at radius 3 is 1.76 bits per heavy atom. The summed E-state index contributed by atoms with van der Waals surface area (Å²) in [6.45, 7) is 0.703. The number of allylic oxidation sites excluding steroid dienone is 2. The van der Waals surface area contributed by atoms with E-state index >= 15 is 0 Å². The molecule has 0 spiro atoms. The summed E-state index contributed by atoms with van der Waals surface area (Å²) in [5.74, 6) is 0. The van der Waals surface area contributed by atoms with Crippen LogP contribution in [0.1, 0.15) is 11.1 Å². The molecule has 6 aromatic rings. The first-order valence-electron chi connectivity index (χ1n) is 13.3. The number of nitrogens with one attached hydrogen (secondary N) is 1. The van der Waals surface area contributed by atoms with Gasteiger partial charge in [-0.25, -0.2) is 0 Å². The summed E-state index contributed by atoms with van der Waals surface area (Å²) in [4.78, 5) is 4.18. The molecule has 3 heterocycles. The first kappa shape index (κ1) is 24.2. The number of furan rings is 1. The molecule has 0 bridgehead atoms. The molecular weight excluding hydrogens is 504 g/mol. The van der Waals surface area contributed by atoms with Crippen molar-refractivity contribution < 1.29 is 4.42 Å². The van der Waals surface area contributed by atoms with Gasteiger partial charge in [0, 0.05) is 41.5 Å². The van der Waals surface area contributed by atoms with Crippen LogP contribution in [0.4, 0.5) is 0 Å². The lowest BCUT2D eigenvalue weighted by atomic mass is 9.96. The highest BCUT2D eigenvalue weighted by Crippen LogP contribution is 2.36. The Hall–Kier alpha value is -5.91. The molecule has 0 amide bonds. The number of hydrogen-bond donors (Lipinski definition) is 1. The minimum Gasteiger partial charge on any atom is -0.456 e. The fourth-order valence-electron chi connectivity index (χ4n) is 5.33. The van der Waals surface area contributed by atoms with Crippen LogP contribution in [0, 0.1) is 22.7 Å². The van der Waals surface area contributed by atoms with Gasteiger partial charge >= 0.3 is 0 Å². The molecule has 0 saturated heterocycles. The lowest BCUT2D eigenvalue weighted by molar-refractivity contribution is 0.669. The summed E-state index contributed by atoms with van der Waals surface area (Å²) >= 11 is 0. The van der Waals surface area contributed by atoms with Crippen molar-refractivity contribution >= 4 is 27.5 Å². The highest BCUT2D eigenvalue weighted by molar-refractivity contribution is 6.07. The van der Waals surface area contributed by atoms with Gasteiger partial charge in [0.15, 0.2) is 0 Å². The molecule has 1 aliphatic rings. The van der Waals surface area contributed by atoms with E-state index in [1.807, 2.05) is 24.3 Å². The van der Waals surface area contributed by atoms with Gasteiger partial charge in [0.05, 0.1) is 11.1 Å². The zero-order valence-corrected chi connectivity index (χ0v) is 21.9. The summed E-state index contributed by atoms with van der Waals surface area (Å²) in [6, 6.07) is 35.6. The molecule has 1 aliphatic heterocycles. The maximum absolute atomic E-state index is 9.22. The molecule has 0 saturated carbocycles. The number of rotatable bonds is 4. The Labute approximate surface area is 236 Å². The third kappa shape index (κ3) is 4.52. The molecule has 0 fully saturated rings. The van der Waals surface area contributed by atoms with Crippen LogP contribution in [0.15, 0.2) is 126 Å². The van der Waals surface area contributed by atoms with Crippen molar-refractivity contribution in [3.05, 3.63) is 132 Å². The van der Waals surface area contributed by atoms with Gasteiger partial charge in [-0.15, -0.1) is 0 Å². The van der Waals surface area contributed by atoms with E-state index < -0.39 is 0 Å². The van der Waals surface area contributed by atoms with Crippen molar-refractivity contribution in [3.63, 3.8) is 0 Å². The third-order valence-corrected chi connectivity index (χ3v) is 7.49. The summed E-state index contributed by atoms with van der Waals surface area (Å²) in [7, 11) is 0. The van der Waals surface area contributed by atoms with E-state index in [0.29, 0.717) is 17.7 Å². The molecule has 7 rings (SSSR count). The second-order valence-corrected chi connectivity index (χ2v) is 10.0. The van der Waals surface area contributed by atoms with Crippen molar-refractivity contribution in [2.45, 2.75) is 0 Å². The molecule has 192 valence electrons. The average molecular weight is 527 g/mol. The van der Waals surface area contributed by atoms with Crippen molar-refractivity contribution in [2.24, 2.45) is 0 Å². The quantitative estimate of drug-likeness (QED) is 0.250. The van der Waals surface area contributed by atoms with E-state index in [1.54, 1.807) is 18.6 Å². The Morgan fingerprint density at radius 1 is 0.610 bits per heavy atom. The van der Waals surface area contributed by atoms with Crippen LogP contribution in [0.3, 0.4) is 0 Å². The zero-order chi connectivity index (χ0) is 27.8. The predicted octanol–water partition coefficient (Wildman–Crippen LogP) is 8.25. The van der Waals surface area contributed by atoms with Crippen LogP contribution in [-0.4, -0.2) is 11.5 Å². The van der Waals surface area contributed by atoms with Gasteiger partial charge in [-0.2, -0.15) is 10.5 Å². The van der Waals surface area contributed by atoms with E-state index in [4.69, 9.17) is 4.42 Å². The van der Waals surface area contributed by atoms with Gasteiger partial charge in [-0.05, 0) is 75.4 Å². The average Bonchev–Trinajstić information content (AvgIpc) is 3.42. The minimum atomic E-state index is 0.546. The molecule has 41 heavy (non-hydrogen) atoms. The number of nitriles is 2. The van der Waals surface area contributed by atoms with E-state index in [0.717, 1.165) is 66.5 Å². The molecule has 1 N–H and O–H groups in total. The lowest BCUT2D eigenvalue weighted by Gasteiger charge is -2.13. The number of dihydropyridines is 1. The second kappa shape index (κ2) is 10.0. The maximum Gasteiger partial charge on any atom is 0.135 e. The monoisotopic (exact) mass is 526 g/mol. The Bertz CT molecular complexity index is 2100. The minimum absolute atomic E-state index is 0.546. The van der Waals surface area contributed by atoms with E-state index in [-0.39, 0.29) is 0 Å². The Kier molecular flexibility index (Phi) is 5.89. The third-order valence-electron chi connectivity index (χ3n) is 7.49. The number of hydrogen-bond acceptors (Lipinski definition) is 5. The molecule has 2 aromatic heterocycles. The van der Waals surface area contributed by atoms with Crippen LogP contribution < -0.4 is 5.32 Å². The Balaban J connectivity index is 1.21. The largest absolute Gasteiger partial charge is 0.456 e. The number of fused-ring (bicyclic) bond motifs is 3. The fourth-order valence-corrected chi connectivity index (χ4v) is 5.33. The molecule has 0 aliphatic carbocycles. The van der Waals surface area contributed by atoms with E-state index in [2.05, 4.69) is 95.2 Å². The van der Waals surface area contributed by atoms with Crippen LogP contribution in [0.25, 0.3) is 60.9 Å². The Morgan fingerprint density at radius 2 is 1.17 bits per heavy atom. The van der Waals surface area contributed by atoms with E-state index in [9.17, 15) is 10.5 Å². The molecule has 5 nitrogen and oxygen atoms in total. The maximum atomic E-state index is 9.22. The SMILES string of the molecule is N#CC1=CNCC(c2ccc(-c3ccc4oc5ccc(-c6ccc(-c7cncc(C#N)c7)cc6)cc5c4c3)cc2)=C1. The lowest BCUT2D eigenvalue weighted by Crippen LogP contribution is -2.13. The van der Waals surface area contributed by atoms with Crippen LogP contribution in [0.5, 0.6) is 0 Å². The van der Waals surface area contributed by atoms with Crippen LogP contribution in [0.2, 0.25) is 0 Å². The van der Waals surface area contributed by atoms with Crippen LogP contribution in [-0.2, 0) is 0 Å². The van der Waals surface area contributed by atoms with Crippen LogP contribution >= 0.6 is 0 Å². The van der Waals surface area contributed by atoms with Crippen molar-refractivity contribution in [1.82, 2.24) is 10.3 Å². The predicted molar refractivity (Wildman–Crippen MR) is 162 cm³/mol. The highest BCUT2D eigenvalue weighted by Gasteiger charge is 2.12. The molecule has 0 radical (unpaired) electrons. The first-order chi connectivity index (χ1) is 20.2. The summed E-state index contributed by atoms with van der Waals surface area (Å²) in [5.41, 5.74) is 11.4. The van der Waals surface area contributed by atoms with Gasteiger partial charge < -0.3 is 9.73 Å². The van der Waals surface area contributed by atoms with E-state index in [1.165, 1.54) is 0 Å². The van der Waals surface area contributed by atoms with Gasteiger partial charge in [0.25, 0.3) is 0 Å². The highest BCUT2D eigenvalue weighted by atomic mass is 16.3. The normalized spacial score (nSPS) is 12.7. The molecule has 0 atom stereocenters. The smallest absolute Gasteiger partial charge is 0.135 e. The van der Waals surface area contributed by atoms with Gasteiger partial charge in [-0.3, -0.25) is 4.98 Å². The molecule has 0 unspecified atom stereocenters. The van der Waals surface area contributed by atoms with Crippen molar-refractivity contribution in [1.29, 1.82) is 10.5 Å². The molecule has 5 heteroatoms. The zero-order valence-electron chi connectivity index (χ0n) is 21.9. The van der Waals surface area contributed by atoms with Crippen molar-refractivity contribution in [3.8, 4) is 45.5 Å². The number of nitrogens with zero attached hydrogens (tertiary/aromatic N) is 3. The molecule has 4 aromatic carbocycles. The molecular formula is C36H22N4O. The van der Waals surface area contributed by atoms with Gasteiger partial charge in [0.1, 0.15) is 23.3 Å². The summed E-state index contributed by atoms with van der Waals surface area (Å²) in [6.07, 6.45) is 7.03. The van der Waals surface area contributed by atoms with Gasteiger partial charge in [-0.1, -0.05) is 60.7 Å². The fraction of sp³-hybridized carbons (Fsp3) is 0.0278. The topological polar surface area (TPSA) is 85.6 Å². The standard InChI is InChI=1S/C36H22N4O/c37-17-23-13-31(21-39-19-23)27-5-1-25(2-6-27)29-9-11-35-33(15-29)34-16-30(10-12-36(34)41-35)26-3-7-28(8-4-26)32-14-24(18-38)20-40-22-32/h1-16,19-21,40H,22H2. The number of aromatic nitrogens is 1. The summed E-state index contributed by atoms with van der Waals surface area (Å²) < 4.78 is 6.17.